The SMILES string of the molecule is COc1ccccc1C(C)(C)Cc1ccc(C)c(C(C)(C)C)c1. The summed E-state index contributed by atoms with van der Waals surface area (Å²) in [6, 6.07) is 15.3. The molecule has 1 nitrogen and oxygen atoms in total. The molecule has 0 saturated carbocycles. The van der Waals surface area contributed by atoms with Crippen LogP contribution in [0, 0.1) is 6.92 Å². The van der Waals surface area contributed by atoms with Crippen molar-refractivity contribution in [1.29, 1.82) is 0 Å². The summed E-state index contributed by atoms with van der Waals surface area (Å²) in [6.45, 7) is 13.6. The van der Waals surface area contributed by atoms with Crippen LogP contribution in [0.4, 0.5) is 0 Å². The van der Waals surface area contributed by atoms with Gasteiger partial charge in [-0.15, -0.1) is 0 Å². The van der Waals surface area contributed by atoms with E-state index in [1.165, 1.54) is 22.3 Å². The van der Waals surface area contributed by atoms with Gasteiger partial charge in [0.05, 0.1) is 7.11 Å². The van der Waals surface area contributed by atoms with Crippen molar-refractivity contribution in [2.75, 3.05) is 7.11 Å². The Hall–Kier alpha value is -1.76. The van der Waals surface area contributed by atoms with Gasteiger partial charge in [-0.1, -0.05) is 71.0 Å². The van der Waals surface area contributed by atoms with Gasteiger partial charge in [0.25, 0.3) is 0 Å². The molecule has 124 valence electrons. The molecule has 0 spiro atoms. The molecule has 1 heteroatoms. The Labute approximate surface area is 141 Å². The summed E-state index contributed by atoms with van der Waals surface area (Å²) in [5, 5.41) is 0. The van der Waals surface area contributed by atoms with Crippen LogP contribution < -0.4 is 4.74 Å². The predicted octanol–water partition coefficient (Wildman–Crippen LogP) is 5.82. The molecule has 0 fully saturated rings. The van der Waals surface area contributed by atoms with Gasteiger partial charge in [-0.25, -0.2) is 0 Å². The highest BCUT2D eigenvalue weighted by Crippen LogP contribution is 2.35. The van der Waals surface area contributed by atoms with Gasteiger partial charge in [-0.05, 0) is 46.9 Å². The Bertz CT molecular complexity index is 675. The van der Waals surface area contributed by atoms with Crippen LogP contribution in [-0.2, 0) is 17.3 Å². The van der Waals surface area contributed by atoms with E-state index in [9.17, 15) is 0 Å². The first-order valence-electron chi connectivity index (χ1n) is 8.38. The lowest BCUT2D eigenvalue weighted by molar-refractivity contribution is 0.391. The van der Waals surface area contributed by atoms with Crippen molar-refractivity contribution in [2.45, 2.75) is 58.8 Å². The minimum Gasteiger partial charge on any atom is -0.496 e. The summed E-state index contributed by atoms with van der Waals surface area (Å²) in [5.41, 5.74) is 5.66. The molecule has 23 heavy (non-hydrogen) atoms. The lowest BCUT2D eigenvalue weighted by atomic mass is 9.76. The van der Waals surface area contributed by atoms with Gasteiger partial charge >= 0.3 is 0 Å². The average Bonchev–Trinajstić information content (AvgIpc) is 2.48. The highest BCUT2D eigenvalue weighted by Gasteiger charge is 2.25. The number of benzene rings is 2. The summed E-state index contributed by atoms with van der Waals surface area (Å²) in [7, 11) is 1.75. The lowest BCUT2D eigenvalue weighted by Crippen LogP contribution is -2.22. The van der Waals surface area contributed by atoms with E-state index in [1.807, 2.05) is 12.1 Å². The highest BCUT2D eigenvalue weighted by atomic mass is 16.5. The van der Waals surface area contributed by atoms with Gasteiger partial charge in [0.2, 0.25) is 0 Å². The second-order valence-electron chi connectivity index (χ2n) is 8.16. The molecule has 0 aliphatic rings. The van der Waals surface area contributed by atoms with Crippen molar-refractivity contribution in [1.82, 2.24) is 0 Å². The second kappa shape index (κ2) is 6.39. The topological polar surface area (TPSA) is 9.23 Å². The van der Waals surface area contributed by atoms with Crippen LogP contribution in [0.2, 0.25) is 0 Å². The zero-order valence-corrected chi connectivity index (χ0v) is 15.7. The fraction of sp³-hybridized carbons (Fsp3) is 0.455. The van der Waals surface area contributed by atoms with Crippen LogP contribution in [0.1, 0.15) is 56.9 Å². The summed E-state index contributed by atoms with van der Waals surface area (Å²) in [4.78, 5) is 0. The normalized spacial score (nSPS) is 12.3. The van der Waals surface area contributed by atoms with E-state index in [1.54, 1.807) is 7.11 Å². The molecule has 0 amide bonds. The van der Waals surface area contributed by atoms with Gasteiger partial charge < -0.3 is 4.74 Å². The molecule has 0 aliphatic carbocycles. The fourth-order valence-corrected chi connectivity index (χ4v) is 3.40. The van der Waals surface area contributed by atoms with E-state index < -0.39 is 0 Å². The summed E-state index contributed by atoms with van der Waals surface area (Å²) < 4.78 is 5.57. The minimum absolute atomic E-state index is 0.0248. The molecule has 0 atom stereocenters. The molecule has 0 heterocycles. The van der Waals surface area contributed by atoms with Gasteiger partial charge in [-0.2, -0.15) is 0 Å². The molecule has 0 saturated heterocycles. The average molecular weight is 310 g/mol. The summed E-state index contributed by atoms with van der Waals surface area (Å²) >= 11 is 0. The number of ether oxygens (including phenoxy) is 1. The van der Waals surface area contributed by atoms with Crippen LogP contribution in [-0.4, -0.2) is 7.11 Å². The molecule has 0 radical (unpaired) electrons. The maximum Gasteiger partial charge on any atom is 0.122 e. The molecule has 2 rings (SSSR count). The largest absolute Gasteiger partial charge is 0.496 e. The van der Waals surface area contributed by atoms with Crippen LogP contribution in [0.3, 0.4) is 0 Å². The van der Waals surface area contributed by atoms with Crippen LogP contribution in [0.15, 0.2) is 42.5 Å². The van der Waals surface area contributed by atoms with Crippen molar-refractivity contribution in [3.8, 4) is 5.75 Å². The number of para-hydroxylation sites is 1. The highest BCUT2D eigenvalue weighted by molar-refractivity contribution is 5.42. The molecule has 0 bridgehead atoms. The summed E-state index contributed by atoms with van der Waals surface area (Å²) in [6.07, 6.45) is 0.997. The minimum atomic E-state index is 0.0248. The predicted molar refractivity (Wildman–Crippen MR) is 99.6 cm³/mol. The molecular formula is C22H30O. The first-order chi connectivity index (χ1) is 10.6. The standard InChI is InChI=1S/C22H30O/c1-16-12-13-17(14-19(16)21(2,3)4)15-22(5,6)18-10-8-9-11-20(18)23-7/h8-14H,15H2,1-7H3. The van der Waals surface area contributed by atoms with Crippen molar-refractivity contribution in [2.24, 2.45) is 0 Å². The molecule has 0 aromatic heterocycles. The number of rotatable bonds is 4. The van der Waals surface area contributed by atoms with Crippen LogP contribution >= 0.6 is 0 Å². The van der Waals surface area contributed by atoms with Gasteiger partial charge in [0.15, 0.2) is 0 Å². The van der Waals surface area contributed by atoms with E-state index in [0.29, 0.717) is 0 Å². The maximum atomic E-state index is 5.57. The smallest absolute Gasteiger partial charge is 0.122 e. The van der Waals surface area contributed by atoms with E-state index in [4.69, 9.17) is 4.74 Å². The molecule has 2 aromatic carbocycles. The quantitative estimate of drug-likeness (QED) is 0.691. The maximum absolute atomic E-state index is 5.57. The molecule has 2 aromatic rings. The van der Waals surface area contributed by atoms with Crippen LogP contribution in [0.5, 0.6) is 5.75 Å². The van der Waals surface area contributed by atoms with Gasteiger partial charge in [0.1, 0.15) is 5.75 Å². The van der Waals surface area contributed by atoms with E-state index in [-0.39, 0.29) is 10.8 Å². The number of hydrogen-bond acceptors (Lipinski definition) is 1. The second-order valence-corrected chi connectivity index (χ2v) is 8.16. The van der Waals surface area contributed by atoms with Crippen LogP contribution in [0.25, 0.3) is 0 Å². The zero-order valence-electron chi connectivity index (χ0n) is 15.7. The first kappa shape index (κ1) is 17.6. The van der Waals surface area contributed by atoms with Crippen molar-refractivity contribution in [3.63, 3.8) is 0 Å². The van der Waals surface area contributed by atoms with Gasteiger partial charge in [0, 0.05) is 5.56 Å². The molecule has 0 unspecified atom stereocenters. The lowest BCUT2D eigenvalue weighted by Gasteiger charge is -2.29. The van der Waals surface area contributed by atoms with Crippen molar-refractivity contribution >= 4 is 0 Å². The third-order valence-electron chi connectivity index (χ3n) is 4.59. The number of hydrogen-bond donors (Lipinski definition) is 0. The summed E-state index contributed by atoms with van der Waals surface area (Å²) in [5.74, 6) is 0.973. The monoisotopic (exact) mass is 310 g/mol. The number of methoxy groups -OCH3 is 1. The third-order valence-corrected chi connectivity index (χ3v) is 4.59. The Balaban J connectivity index is 2.38. The Morgan fingerprint density at radius 3 is 2.13 bits per heavy atom. The van der Waals surface area contributed by atoms with E-state index >= 15 is 0 Å². The number of aryl methyl sites for hydroxylation is 1. The molecular weight excluding hydrogens is 280 g/mol. The molecule has 0 aliphatic heterocycles. The van der Waals surface area contributed by atoms with Crippen molar-refractivity contribution < 1.29 is 4.74 Å². The Morgan fingerprint density at radius 1 is 0.870 bits per heavy atom. The Kier molecular flexibility index (Phi) is 4.89. The first-order valence-corrected chi connectivity index (χ1v) is 8.38. The molecule has 0 N–H and O–H groups in total. The van der Waals surface area contributed by atoms with Gasteiger partial charge in [-0.3, -0.25) is 0 Å². The Morgan fingerprint density at radius 2 is 1.52 bits per heavy atom. The third kappa shape index (κ3) is 3.96. The van der Waals surface area contributed by atoms with E-state index in [0.717, 1.165) is 12.2 Å². The van der Waals surface area contributed by atoms with Crippen molar-refractivity contribution in [3.05, 3.63) is 64.7 Å². The van der Waals surface area contributed by atoms with E-state index in [2.05, 4.69) is 71.9 Å². The fourth-order valence-electron chi connectivity index (χ4n) is 3.40. The zero-order chi connectivity index (χ0) is 17.3.